The minimum Gasteiger partial charge on any atom is -0.354 e. The summed E-state index contributed by atoms with van der Waals surface area (Å²) in [7, 11) is 0. The number of nitrogens with zero attached hydrogens (tertiary/aromatic N) is 3. The first-order chi connectivity index (χ1) is 8.91. The summed E-state index contributed by atoms with van der Waals surface area (Å²) in [6, 6.07) is 1.96. The predicted molar refractivity (Wildman–Crippen MR) is 72.0 cm³/mol. The van der Waals surface area contributed by atoms with Crippen molar-refractivity contribution in [2.75, 3.05) is 11.4 Å². The maximum absolute atomic E-state index is 13.2. The average Bonchev–Trinajstić information content (AvgIpc) is 2.31. The third kappa shape index (κ3) is 3.53. The van der Waals surface area contributed by atoms with Crippen LogP contribution < -0.4 is 4.90 Å². The molecular formula is C13H18ClF2N3. The van der Waals surface area contributed by atoms with Gasteiger partial charge in [-0.3, -0.25) is 0 Å². The number of anilines is 1. The molecule has 0 aromatic carbocycles. The largest absolute Gasteiger partial charge is 0.354 e. The molecule has 0 N–H and O–H groups in total. The Morgan fingerprint density at radius 3 is 2.53 bits per heavy atom. The van der Waals surface area contributed by atoms with Gasteiger partial charge < -0.3 is 4.90 Å². The van der Waals surface area contributed by atoms with Crippen molar-refractivity contribution in [3.8, 4) is 0 Å². The molecule has 0 unspecified atom stereocenters. The highest BCUT2D eigenvalue weighted by atomic mass is 35.5. The quantitative estimate of drug-likeness (QED) is 0.792. The highest BCUT2D eigenvalue weighted by molar-refractivity contribution is 6.28. The molecule has 0 amide bonds. The molecule has 0 saturated heterocycles. The fourth-order valence-corrected chi connectivity index (χ4v) is 2.83. The maximum Gasteiger partial charge on any atom is 0.248 e. The van der Waals surface area contributed by atoms with Gasteiger partial charge in [0.2, 0.25) is 11.2 Å². The van der Waals surface area contributed by atoms with E-state index in [1.165, 1.54) is 0 Å². The molecule has 0 radical (unpaired) electrons. The van der Waals surface area contributed by atoms with Gasteiger partial charge >= 0.3 is 0 Å². The summed E-state index contributed by atoms with van der Waals surface area (Å²) in [5.41, 5.74) is 0.787. The van der Waals surface area contributed by atoms with Gasteiger partial charge in [-0.15, -0.1) is 0 Å². The second kappa shape index (κ2) is 5.57. The smallest absolute Gasteiger partial charge is 0.248 e. The Bertz CT molecular complexity index is 423. The molecule has 19 heavy (non-hydrogen) atoms. The number of hydrogen-bond donors (Lipinski definition) is 0. The Balaban J connectivity index is 2.16. The Kier molecular flexibility index (Phi) is 4.23. The number of alkyl halides is 2. The van der Waals surface area contributed by atoms with Crippen molar-refractivity contribution in [3.63, 3.8) is 0 Å². The van der Waals surface area contributed by atoms with Gasteiger partial charge in [-0.1, -0.05) is 0 Å². The summed E-state index contributed by atoms with van der Waals surface area (Å²) in [6.07, 6.45) is 0.876. The number of rotatable bonds is 3. The molecular weight excluding hydrogens is 272 g/mol. The summed E-state index contributed by atoms with van der Waals surface area (Å²) in [4.78, 5) is 10.3. The fraction of sp³-hybridized carbons (Fsp3) is 0.692. The molecule has 106 valence electrons. The SMILES string of the molecule is CCN(c1cc(C)nc(Cl)n1)C1CCC(F)(F)CC1. The number of aryl methyl sites for hydroxylation is 1. The first kappa shape index (κ1) is 14.4. The Morgan fingerprint density at radius 1 is 1.37 bits per heavy atom. The lowest BCUT2D eigenvalue weighted by Gasteiger charge is -2.37. The van der Waals surface area contributed by atoms with Crippen LogP contribution in [-0.2, 0) is 0 Å². The highest BCUT2D eigenvalue weighted by Gasteiger charge is 2.37. The van der Waals surface area contributed by atoms with Crippen LogP contribution in [0.5, 0.6) is 0 Å². The van der Waals surface area contributed by atoms with E-state index in [0.717, 1.165) is 18.1 Å². The molecule has 1 heterocycles. The molecule has 1 aromatic rings. The number of halogens is 3. The summed E-state index contributed by atoms with van der Waals surface area (Å²) in [6.45, 7) is 4.57. The molecule has 0 aliphatic heterocycles. The van der Waals surface area contributed by atoms with E-state index in [9.17, 15) is 8.78 Å². The molecule has 6 heteroatoms. The number of aromatic nitrogens is 2. The van der Waals surface area contributed by atoms with Crippen LogP contribution in [0.15, 0.2) is 6.07 Å². The van der Waals surface area contributed by atoms with Gasteiger partial charge in [0.1, 0.15) is 5.82 Å². The van der Waals surface area contributed by atoms with Crippen molar-refractivity contribution in [2.24, 2.45) is 0 Å². The van der Waals surface area contributed by atoms with Gasteiger partial charge in [-0.2, -0.15) is 0 Å². The van der Waals surface area contributed by atoms with E-state index in [1.807, 2.05) is 19.9 Å². The minimum atomic E-state index is -2.50. The van der Waals surface area contributed by atoms with E-state index in [1.54, 1.807) is 0 Å². The van der Waals surface area contributed by atoms with E-state index in [-0.39, 0.29) is 24.2 Å². The molecule has 1 aromatic heterocycles. The van der Waals surface area contributed by atoms with E-state index in [4.69, 9.17) is 11.6 Å². The second-order valence-corrected chi connectivity index (χ2v) is 5.35. The van der Waals surface area contributed by atoms with Gasteiger partial charge in [0.15, 0.2) is 0 Å². The lowest BCUT2D eigenvalue weighted by atomic mass is 9.91. The average molecular weight is 290 g/mol. The highest BCUT2D eigenvalue weighted by Crippen LogP contribution is 2.36. The van der Waals surface area contributed by atoms with Crippen LogP contribution in [0.1, 0.15) is 38.3 Å². The van der Waals surface area contributed by atoms with Gasteiger partial charge in [0, 0.05) is 37.2 Å². The summed E-state index contributed by atoms with van der Waals surface area (Å²) >= 11 is 5.87. The zero-order chi connectivity index (χ0) is 14.0. The molecule has 0 spiro atoms. The zero-order valence-corrected chi connectivity index (χ0v) is 11.9. The van der Waals surface area contributed by atoms with E-state index < -0.39 is 5.92 Å². The van der Waals surface area contributed by atoms with Crippen LogP contribution in [0.4, 0.5) is 14.6 Å². The second-order valence-electron chi connectivity index (χ2n) is 5.01. The van der Waals surface area contributed by atoms with E-state index in [0.29, 0.717) is 12.8 Å². The molecule has 1 fully saturated rings. The van der Waals surface area contributed by atoms with Gasteiger partial charge in [0.05, 0.1) is 0 Å². The molecule has 1 aliphatic carbocycles. The fourth-order valence-electron chi connectivity index (χ4n) is 2.61. The van der Waals surface area contributed by atoms with Crippen LogP contribution in [0.25, 0.3) is 0 Å². The van der Waals surface area contributed by atoms with Crippen LogP contribution in [0, 0.1) is 6.92 Å². The monoisotopic (exact) mass is 289 g/mol. The van der Waals surface area contributed by atoms with Gasteiger partial charge in [-0.25, -0.2) is 18.7 Å². The van der Waals surface area contributed by atoms with Gasteiger partial charge in [-0.05, 0) is 38.3 Å². The van der Waals surface area contributed by atoms with Crippen LogP contribution in [0.3, 0.4) is 0 Å². The topological polar surface area (TPSA) is 29.0 Å². The lowest BCUT2D eigenvalue weighted by Crippen LogP contribution is -2.41. The van der Waals surface area contributed by atoms with Crippen molar-refractivity contribution in [1.82, 2.24) is 9.97 Å². The summed E-state index contributed by atoms with van der Waals surface area (Å²) < 4.78 is 26.4. The summed E-state index contributed by atoms with van der Waals surface area (Å²) in [5, 5.41) is 0.203. The normalized spacial score (nSPS) is 19.4. The third-order valence-electron chi connectivity index (χ3n) is 3.58. The van der Waals surface area contributed by atoms with Crippen LogP contribution in [-0.4, -0.2) is 28.5 Å². The first-order valence-corrected chi connectivity index (χ1v) is 6.95. The van der Waals surface area contributed by atoms with E-state index >= 15 is 0 Å². The molecule has 1 saturated carbocycles. The standard InChI is InChI=1S/C13H18ClF2N3/c1-3-19(10-4-6-13(15,16)7-5-10)11-8-9(2)17-12(14)18-11/h8,10H,3-7H2,1-2H3. The van der Waals surface area contributed by atoms with Crippen LogP contribution >= 0.6 is 11.6 Å². The van der Waals surface area contributed by atoms with Gasteiger partial charge in [0.25, 0.3) is 0 Å². The minimum absolute atomic E-state index is 0.0496. The Labute approximate surface area is 117 Å². The Morgan fingerprint density at radius 2 is 2.00 bits per heavy atom. The number of hydrogen-bond acceptors (Lipinski definition) is 3. The van der Waals surface area contributed by atoms with Crippen molar-refractivity contribution in [2.45, 2.75) is 51.5 Å². The molecule has 0 bridgehead atoms. The predicted octanol–water partition coefficient (Wildman–Crippen LogP) is 3.84. The summed E-state index contributed by atoms with van der Waals surface area (Å²) in [5.74, 6) is -1.77. The maximum atomic E-state index is 13.2. The Hall–Kier alpha value is -0.970. The van der Waals surface area contributed by atoms with Crippen molar-refractivity contribution in [3.05, 3.63) is 17.0 Å². The molecule has 1 aliphatic rings. The first-order valence-electron chi connectivity index (χ1n) is 6.57. The third-order valence-corrected chi connectivity index (χ3v) is 3.74. The zero-order valence-electron chi connectivity index (χ0n) is 11.2. The van der Waals surface area contributed by atoms with Crippen LogP contribution in [0.2, 0.25) is 5.28 Å². The van der Waals surface area contributed by atoms with Crippen molar-refractivity contribution < 1.29 is 8.78 Å². The van der Waals surface area contributed by atoms with Crippen molar-refractivity contribution >= 4 is 17.4 Å². The van der Waals surface area contributed by atoms with E-state index in [2.05, 4.69) is 14.9 Å². The molecule has 2 rings (SSSR count). The lowest BCUT2D eigenvalue weighted by molar-refractivity contribution is -0.0381. The molecule has 3 nitrogen and oxygen atoms in total. The van der Waals surface area contributed by atoms with Crippen molar-refractivity contribution in [1.29, 1.82) is 0 Å². The molecule has 0 atom stereocenters.